The first kappa shape index (κ1) is 19.7. The van der Waals surface area contributed by atoms with Crippen molar-refractivity contribution in [3.8, 4) is 11.4 Å². The number of aromatic nitrogens is 3. The maximum Gasteiger partial charge on any atom is 0.335 e. The normalized spacial score (nSPS) is 16.6. The first-order valence-electron chi connectivity index (χ1n) is 9.60. The van der Waals surface area contributed by atoms with E-state index < -0.39 is 5.97 Å². The lowest BCUT2D eigenvalue weighted by molar-refractivity contribution is -0.135. The number of hydrogen-bond acceptors (Lipinski definition) is 6. The van der Waals surface area contributed by atoms with Gasteiger partial charge in [-0.25, -0.2) is 14.8 Å². The number of piperidine rings is 1. The van der Waals surface area contributed by atoms with Crippen LogP contribution in [0, 0.1) is 5.92 Å². The predicted molar refractivity (Wildman–Crippen MR) is 105 cm³/mol. The van der Waals surface area contributed by atoms with Crippen molar-refractivity contribution in [2.24, 2.45) is 5.92 Å². The Bertz CT molecular complexity index is 853. The minimum absolute atomic E-state index is 0.0608. The van der Waals surface area contributed by atoms with E-state index in [-0.39, 0.29) is 17.4 Å². The molecule has 1 saturated heterocycles. The van der Waals surface area contributed by atoms with Crippen LogP contribution in [-0.4, -0.2) is 63.0 Å². The van der Waals surface area contributed by atoms with Crippen molar-refractivity contribution in [3.63, 3.8) is 0 Å². The summed E-state index contributed by atoms with van der Waals surface area (Å²) in [4.78, 5) is 41.0. The van der Waals surface area contributed by atoms with E-state index in [0.29, 0.717) is 37.0 Å². The Morgan fingerprint density at radius 1 is 1.18 bits per heavy atom. The van der Waals surface area contributed by atoms with Gasteiger partial charge in [0.1, 0.15) is 0 Å². The Labute approximate surface area is 164 Å². The number of nitrogens with zero attached hydrogens (tertiary/aromatic N) is 5. The van der Waals surface area contributed by atoms with E-state index in [4.69, 9.17) is 0 Å². The molecule has 0 unspecified atom stereocenters. The summed E-state index contributed by atoms with van der Waals surface area (Å²) >= 11 is 0. The monoisotopic (exact) mass is 383 g/mol. The minimum atomic E-state index is -1.01. The number of carboxylic acid groups (broad SMARTS) is 1. The molecule has 148 valence electrons. The first-order valence-corrected chi connectivity index (χ1v) is 9.60. The number of aromatic carboxylic acids is 1. The molecule has 1 fully saturated rings. The van der Waals surface area contributed by atoms with Gasteiger partial charge >= 0.3 is 5.97 Å². The van der Waals surface area contributed by atoms with Gasteiger partial charge in [0.05, 0.1) is 22.9 Å². The van der Waals surface area contributed by atoms with E-state index in [1.54, 1.807) is 12.3 Å². The van der Waals surface area contributed by atoms with E-state index in [9.17, 15) is 14.7 Å². The molecule has 0 radical (unpaired) electrons. The van der Waals surface area contributed by atoms with Crippen LogP contribution in [0.25, 0.3) is 11.4 Å². The van der Waals surface area contributed by atoms with Gasteiger partial charge in [0.2, 0.25) is 11.9 Å². The van der Waals surface area contributed by atoms with Crippen LogP contribution in [0.1, 0.15) is 37.0 Å². The van der Waals surface area contributed by atoms with Crippen LogP contribution in [-0.2, 0) is 4.79 Å². The molecule has 3 rings (SSSR count). The third-order valence-corrected chi connectivity index (χ3v) is 5.04. The van der Waals surface area contributed by atoms with Crippen molar-refractivity contribution >= 4 is 17.8 Å². The second-order valence-electron chi connectivity index (χ2n) is 6.77. The molecule has 2 aromatic heterocycles. The highest BCUT2D eigenvalue weighted by Gasteiger charge is 2.29. The van der Waals surface area contributed by atoms with Crippen LogP contribution in [0.4, 0.5) is 5.95 Å². The summed E-state index contributed by atoms with van der Waals surface area (Å²) in [5, 5.41) is 9.18. The molecule has 0 spiro atoms. The average molecular weight is 383 g/mol. The average Bonchev–Trinajstić information content (AvgIpc) is 2.75. The molecule has 8 nitrogen and oxygen atoms in total. The van der Waals surface area contributed by atoms with E-state index >= 15 is 0 Å². The summed E-state index contributed by atoms with van der Waals surface area (Å²) in [5.74, 6) is -0.347. The summed E-state index contributed by atoms with van der Waals surface area (Å²) in [5.41, 5.74) is 1.20. The van der Waals surface area contributed by atoms with Crippen LogP contribution < -0.4 is 4.90 Å². The summed E-state index contributed by atoms with van der Waals surface area (Å²) in [6.45, 7) is 6.78. The van der Waals surface area contributed by atoms with Crippen molar-refractivity contribution in [1.82, 2.24) is 19.9 Å². The highest BCUT2D eigenvalue weighted by molar-refractivity contribution is 5.88. The standard InChI is InChI=1S/C20H25N5O3/c1-3-24(4-2)18(26)15-6-5-11-25(13-15)20-22-10-8-16(23-20)17-12-14(19(27)28)7-9-21-17/h7-10,12,15H,3-6,11,13H2,1-2H3,(H,27,28)/t15-/m0/s1. The van der Waals surface area contributed by atoms with Crippen molar-refractivity contribution < 1.29 is 14.7 Å². The van der Waals surface area contributed by atoms with E-state index in [2.05, 4.69) is 15.0 Å². The summed E-state index contributed by atoms with van der Waals surface area (Å²) in [6, 6.07) is 4.65. The molecule has 0 aromatic carbocycles. The van der Waals surface area contributed by atoms with Gasteiger partial charge in [-0.05, 0) is 44.9 Å². The molecule has 3 heterocycles. The number of hydrogen-bond donors (Lipinski definition) is 1. The Balaban J connectivity index is 1.81. The minimum Gasteiger partial charge on any atom is -0.478 e. The summed E-state index contributed by atoms with van der Waals surface area (Å²) in [7, 11) is 0. The number of rotatable bonds is 6. The van der Waals surface area contributed by atoms with Gasteiger partial charge in [0, 0.05) is 38.6 Å². The zero-order valence-electron chi connectivity index (χ0n) is 16.2. The lowest BCUT2D eigenvalue weighted by Crippen LogP contribution is -2.45. The Morgan fingerprint density at radius 2 is 1.93 bits per heavy atom. The van der Waals surface area contributed by atoms with Crippen LogP contribution in [0.5, 0.6) is 0 Å². The van der Waals surface area contributed by atoms with Crippen LogP contribution in [0.2, 0.25) is 0 Å². The van der Waals surface area contributed by atoms with Gasteiger partial charge < -0.3 is 14.9 Å². The van der Waals surface area contributed by atoms with Gasteiger partial charge in [-0.1, -0.05) is 0 Å². The van der Waals surface area contributed by atoms with Crippen LogP contribution in [0.15, 0.2) is 30.6 Å². The molecule has 0 aliphatic carbocycles. The molecule has 0 bridgehead atoms. The molecule has 2 aromatic rings. The Hall–Kier alpha value is -3.03. The fourth-order valence-electron chi connectivity index (χ4n) is 3.50. The zero-order chi connectivity index (χ0) is 20.1. The number of amides is 1. The number of pyridine rings is 1. The lowest BCUT2D eigenvalue weighted by atomic mass is 9.96. The topological polar surface area (TPSA) is 99.5 Å². The maximum atomic E-state index is 12.7. The lowest BCUT2D eigenvalue weighted by Gasteiger charge is -2.34. The molecule has 1 aliphatic rings. The molecule has 0 saturated carbocycles. The second-order valence-corrected chi connectivity index (χ2v) is 6.77. The third-order valence-electron chi connectivity index (χ3n) is 5.04. The predicted octanol–water partition coefficient (Wildman–Crippen LogP) is 2.32. The maximum absolute atomic E-state index is 12.7. The van der Waals surface area contributed by atoms with Gasteiger partial charge in [-0.3, -0.25) is 9.78 Å². The van der Waals surface area contributed by atoms with E-state index in [1.165, 1.54) is 18.3 Å². The number of anilines is 1. The molecule has 1 aliphatic heterocycles. The highest BCUT2D eigenvalue weighted by atomic mass is 16.4. The zero-order valence-corrected chi connectivity index (χ0v) is 16.2. The van der Waals surface area contributed by atoms with Crippen molar-refractivity contribution in [1.29, 1.82) is 0 Å². The third kappa shape index (κ3) is 4.27. The summed E-state index contributed by atoms with van der Waals surface area (Å²) in [6.07, 6.45) is 4.87. The van der Waals surface area contributed by atoms with E-state index in [1.807, 2.05) is 23.6 Å². The molecule has 1 N–H and O–H groups in total. The number of carbonyl (C=O) groups is 2. The van der Waals surface area contributed by atoms with Gasteiger partial charge in [0.25, 0.3) is 0 Å². The van der Waals surface area contributed by atoms with Crippen molar-refractivity contribution in [2.75, 3.05) is 31.1 Å². The van der Waals surface area contributed by atoms with Crippen molar-refractivity contribution in [2.45, 2.75) is 26.7 Å². The SMILES string of the molecule is CCN(CC)C(=O)[C@H]1CCCN(c2nccc(-c3cc(C(=O)O)ccn3)n2)C1. The van der Waals surface area contributed by atoms with Gasteiger partial charge in [-0.15, -0.1) is 0 Å². The first-order chi connectivity index (χ1) is 13.5. The molecule has 28 heavy (non-hydrogen) atoms. The summed E-state index contributed by atoms with van der Waals surface area (Å²) < 4.78 is 0. The molecule has 1 amide bonds. The second kappa shape index (κ2) is 8.77. The largest absolute Gasteiger partial charge is 0.478 e. The Kier molecular flexibility index (Phi) is 6.18. The molecular weight excluding hydrogens is 358 g/mol. The Morgan fingerprint density at radius 3 is 2.64 bits per heavy atom. The van der Waals surface area contributed by atoms with Crippen LogP contribution >= 0.6 is 0 Å². The number of carboxylic acids is 1. The van der Waals surface area contributed by atoms with Gasteiger partial charge in [0.15, 0.2) is 0 Å². The van der Waals surface area contributed by atoms with Crippen molar-refractivity contribution in [3.05, 3.63) is 36.2 Å². The molecule has 1 atom stereocenters. The molecular formula is C20H25N5O3. The van der Waals surface area contributed by atoms with Gasteiger partial charge in [-0.2, -0.15) is 0 Å². The highest BCUT2D eigenvalue weighted by Crippen LogP contribution is 2.24. The number of carbonyl (C=O) groups excluding carboxylic acids is 1. The smallest absolute Gasteiger partial charge is 0.335 e. The fourth-order valence-corrected chi connectivity index (χ4v) is 3.50. The van der Waals surface area contributed by atoms with E-state index in [0.717, 1.165) is 19.4 Å². The molecule has 8 heteroatoms. The van der Waals surface area contributed by atoms with Crippen LogP contribution in [0.3, 0.4) is 0 Å². The fraction of sp³-hybridized carbons (Fsp3) is 0.450. The quantitative estimate of drug-likeness (QED) is 0.817.